The number of nitrogens with one attached hydrogen (secondary N) is 1. The molecule has 1 aliphatic rings. The Kier molecular flexibility index (Phi) is 6.14. The van der Waals surface area contributed by atoms with Crippen LogP contribution >= 0.6 is 23.5 Å². The summed E-state index contributed by atoms with van der Waals surface area (Å²) < 4.78 is 6.03. The zero-order valence-electron chi connectivity index (χ0n) is 15.1. The first kappa shape index (κ1) is 18.8. The number of hydrogen-bond acceptors (Lipinski definition) is 6. The number of rotatable bonds is 5. The van der Waals surface area contributed by atoms with Crippen molar-refractivity contribution in [3.05, 3.63) is 78.1 Å². The van der Waals surface area contributed by atoms with Crippen LogP contribution in [0.1, 0.15) is 26.9 Å². The molecular weight excluding hydrogens is 390 g/mol. The maximum absolute atomic E-state index is 12.5. The monoisotopic (exact) mass is 409 g/mol. The van der Waals surface area contributed by atoms with Crippen molar-refractivity contribution in [2.45, 2.75) is 11.0 Å². The van der Waals surface area contributed by atoms with Gasteiger partial charge in [0.25, 0.3) is 5.91 Å². The molecular formula is C21H19N3O2S2. The third-order valence-electron chi connectivity index (χ3n) is 4.14. The van der Waals surface area contributed by atoms with E-state index in [1.807, 2.05) is 35.7 Å². The first-order valence-corrected chi connectivity index (χ1v) is 11.1. The van der Waals surface area contributed by atoms with Crippen molar-refractivity contribution in [1.29, 1.82) is 0 Å². The number of carbonyl (C=O) groups excluding carboxylic acids is 1. The Balaban J connectivity index is 1.36. The topological polar surface area (TPSA) is 64.1 Å². The number of amides is 1. The van der Waals surface area contributed by atoms with Gasteiger partial charge >= 0.3 is 6.01 Å². The van der Waals surface area contributed by atoms with Crippen molar-refractivity contribution in [1.82, 2.24) is 9.97 Å². The zero-order chi connectivity index (χ0) is 19.2. The third-order valence-corrected chi connectivity index (χ3v) is 7.15. The standard InChI is InChI=1S/C21H19N3O2S2/c25-19(15-3-5-16(6-4-15)20-27-13-2-14-28-20)24-17-7-9-18(10-8-17)26-21-22-11-1-12-23-21/h1,3-12,20H,2,13-14H2,(H,24,25). The van der Waals surface area contributed by atoms with Gasteiger partial charge in [0.15, 0.2) is 0 Å². The van der Waals surface area contributed by atoms with Crippen molar-refractivity contribution in [2.24, 2.45) is 0 Å². The highest BCUT2D eigenvalue weighted by Gasteiger charge is 2.17. The predicted octanol–water partition coefficient (Wildman–Crippen LogP) is 5.39. The molecule has 1 amide bonds. The Hall–Kier alpha value is -2.51. The van der Waals surface area contributed by atoms with Gasteiger partial charge in [-0.2, -0.15) is 0 Å². The van der Waals surface area contributed by atoms with Crippen LogP contribution in [0, 0.1) is 0 Å². The summed E-state index contributed by atoms with van der Waals surface area (Å²) in [5.41, 5.74) is 2.62. The molecule has 1 aliphatic heterocycles. The lowest BCUT2D eigenvalue weighted by Gasteiger charge is -2.21. The molecule has 2 heterocycles. The fraction of sp³-hybridized carbons (Fsp3) is 0.190. The van der Waals surface area contributed by atoms with Crippen LogP contribution in [-0.4, -0.2) is 27.4 Å². The highest BCUT2D eigenvalue weighted by molar-refractivity contribution is 8.16. The number of anilines is 1. The van der Waals surface area contributed by atoms with Crippen molar-refractivity contribution in [2.75, 3.05) is 16.8 Å². The largest absolute Gasteiger partial charge is 0.424 e. The molecule has 1 aromatic heterocycles. The average molecular weight is 410 g/mol. The Morgan fingerprint density at radius 1 is 0.964 bits per heavy atom. The Morgan fingerprint density at radius 2 is 1.64 bits per heavy atom. The Bertz CT molecular complexity index is 913. The second-order valence-electron chi connectivity index (χ2n) is 6.16. The van der Waals surface area contributed by atoms with Gasteiger partial charge in [-0.25, -0.2) is 9.97 Å². The van der Waals surface area contributed by atoms with E-state index in [4.69, 9.17) is 4.74 Å². The van der Waals surface area contributed by atoms with Gasteiger partial charge in [0, 0.05) is 23.6 Å². The highest BCUT2D eigenvalue weighted by Crippen LogP contribution is 2.43. The van der Waals surface area contributed by atoms with Gasteiger partial charge in [-0.05, 0) is 66.0 Å². The number of ether oxygens (including phenoxy) is 1. The molecule has 0 saturated carbocycles. The van der Waals surface area contributed by atoms with Crippen molar-refractivity contribution >= 4 is 35.1 Å². The van der Waals surface area contributed by atoms with Crippen LogP contribution in [0.3, 0.4) is 0 Å². The molecule has 0 atom stereocenters. The first-order chi connectivity index (χ1) is 13.8. The van der Waals surface area contributed by atoms with E-state index < -0.39 is 0 Å². The molecule has 1 saturated heterocycles. The molecule has 0 spiro atoms. The van der Waals surface area contributed by atoms with Crippen LogP contribution in [0.25, 0.3) is 0 Å². The average Bonchev–Trinajstić information content (AvgIpc) is 2.76. The van der Waals surface area contributed by atoms with E-state index in [1.54, 1.807) is 42.7 Å². The minimum absolute atomic E-state index is 0.129. The fourth-order valence-electron chi connectivity index (χ4n) is 2.72. The van der Waals surface area contributed by atoms with Gasteiger partial charge in [-0.1, -0.05) is 12.1 Å². The summed E-state index contributed by atoms with van der Waals surface area (Å²) in [6, 6.07) is 17.0. The molecule has 2 aromatic carbocycles. The number of carbonyl (C=O) groups is 1. The van der Waals surface area contributed by atoms with Crippen LogP contribution < -0.4 is 10.1 Å². The number of aromatic nitrogens is 2. The molecule has 0 bridgehead atoms. The molecule has 1 fully saturated rings. The Labute approximate surface area is 172 Å². The van der Waals surface area contributed by atoms with Gasteiger partial charge in [-0.15, -0.1) is 23.5 Å². The van der Waals surface area contributed by atoms with Gasteiger partial charge < -0.3 is 10.1 Å². The van der Waals surface area contributed by atoms with E-state index in [2.05, 4.69) is 27.4 Å². The smallest absolute Gasteiger partial charge is 0.321 e. The van der Waals surface area contributed by atoms with Crippen LogP contribution in [-0.2, 0) is 0 Å². The second kappa shape index (κ2) is 9.12. The SMILES string of the molecule is O=C(Nc1ccc(Oc2ncccn2)cc1)c1ccc(C2SCCCS2)cc1. The molecule has 3 aromatic rings. The number of benzene rings is 2. The van der Waals surface area contributed by atoms with Crippen molar-refractivity contribution in [3.63, 3.8) is 0 Å². The van der Waals surface area contributed by atoms with E-state index >= 15 is 0 Å². The van der Waals surface area contributed by atoms with Gasteiger partial charge in [0.1, 0.15) is 5.75 Å². The lowest BCUT2D eigenvalue weighted by Crippen LogP contribution is -2.12. The molecule has 1 N–H and O–H groups in total. The molecule has 28 heavy (non-hydrogen) atoms. The van der Waals surface area contributed by atoms with E-state index in [9.17, 15) is 4.79 Å². The summed E-state index contributed by atoms with van der Waals surface area (Å²) in [7, 11) is 0. The summed E-state index contributed by atoms with van der Waals surface area (Å²) in [6.07, 6.45) is 4.51. The van der Waals surface area contributed by atoms with E-state index in [0.29, 0.717) is 21.6 Å². The number of nitrogens with zero attached hydrogens (tertiary/aromatic N) is 2. The molecule has 0 radical (unpaired) electrons. The number of hydrogen-bond donors (Lipinski definition) is 1. The second-order valence-corrected chi connectivity index (χ2v) is 8.89. The van der Waals surface area contributed by atoms with Gasteiger partial charge in [0.05, 0.1) is 4.58 Å². The van der Waals surface area contributed by atoms with Crippen LogP contribution in [0.15, 0.2) is 67.0 Å². The minimum Gasteiger partial charge on any atom is -0.424 e. The fourth-order valence-corrected chi connectivity index (χ4v) is 5.62. The quantitative estimate of drug-likeness (QED) is 0.609. The van der Waals surface area contributed by atoms with Crippen molar-refractivity contribution < 1.29 is 9.53 Å². The van der Waals surface area contributed by atoms with Crippen LogP contribution in [0.5, 0.6) is 11.8 Å². The summed E-state index contributed by atoms with van der Waals surface area (Å²) >= 11 is 3.95. The Morgan fingerprint density at radius 3 is 2.32 bits per heavy atom. The zero-order valence-corrected chi connectivity index (χ0v) is 16.7. The summed E-state index contributed by atoms with van der Waals surface area (Å²) in [5, 5.41) is 2.91. The maximum Gasteiger partial charge on any atom is 0.321 e. The first-order valence-electron chi connectivity index (χ1n) is 8.97. The maximum atomic E-state index is 12.5. The number of thioether (sulfide) groups is 2. The molecule has 4 rings (SSSR count). The molecule has 142 valence electrons. The molecule has 0 aliphatic carbocycles. The van der Waals surface area contributed by atoms with E-state index in [0.717, 1.165) is 0 Å². The molecule has 5 nitrogen and oxygen atoms in total. The molecule has 7 heteroatoms. The van der Waals surface area contributed by atoms with Crippen LogP contribution in [0.4, 0.5) is 5.69 Å². The van der Waals surface area contributed by atoms with Crippen LogP contribution in [0.2, 0.25) is 0 Å². The summed E-state index contributed by atoms with van der Waals surface area (Å²) in [5.74, 6) is 2.89. The third kappa shape index (κ3) is 4.85. The van der Waals surface area contributed by atoms with Gasteiger partial charge in [0.2, 0.25) is 0 Å². The summed E-state index contributed by atoms with van der Waals surface area (Å²) in [6.45, 7) is 0. The lowest BCUT2D eigenvalue weighted by molar-refractivity contribution is 0.102. The minimum atomic E-state index is -0.129. The molecule has 0 unspecified atom stereocenters. The summed E-state index contributed by atoms with van der Waals surface area (Å²) in [4.78, 5) is 20.5. The van der Waals surface area contributed by atoms with E-state index in [1.165, 1.54) is 23.5 Å². The predicted molar refractivity (Wildman–Crippen MR) is 115 cm³/mol. The van der Waals surface area contributed by atoms with E-state index in [-0.39, 0.29) is 11.9 Å². The normalized spacial score (nSPS) is 14.4. The van der Waals surface area contributed by atoms with Gasteiger partial charge in [-0.3, -0.25) is 4.79 Å². The highest BCUT2D eigenvalue weighted by atomic mass is 32.2. The van der Waals surface area contributed by atoms with Crippen molar-refractivity contribution in [3.8, 4) is 11.8 Å². The lowest BCUT2D eigenvalue weighted by atomic mass is 10.1.